The smallest absolute Gasteiger partial charge is 0.250 e. The Bertz CT molecular complexity index is 800. The van der Waals surface area contributed by atoms with Crippen LogP contribution in [0.3, 0.4) is 0 Å². The van der Waals surface area contributed by atoms with E-state index in [-0.39, 0.29) is 6.54 Å². The fraction of sp³-hybridized carbons (Fsp3) is 0.182. The van der Waals surface area contributed by atoms with E-state index in [1.54, 1.807) is 28.8 Å². The molecule has 8 heteroatoms. The lowest BCUT2D eigenvalue weighted by Gasteiger charge is -2.01. The summed E-state index contributed by atoms with van der Waals surface area (Å²) < 4.78 is 28.7. The third kappa shape index (κ3) is 2.44. The molecule has 0 saturated heterocycles. The minimum atomic E-state index is -3.42. The molecule has 3 aromatic heterocycles. The number of aryl methyl sites for hydroxylation is 1. The Morgan fingerprint density at radius 1 is 1.42 bits per heavy atom. The Hall–Kier alpha value is -1.22. The van der Waals surface area contributed by atoms with Gasteiger partial charge < -0.3 is 0 Å². The van der Waals surface area contributed by atoms with Crippen LogP contribution in [0.15, 0.2) is 33.3 Å². The summed E-state index contributed by atoms with van der Waals surface area (Å²) in [4.78, 5) is 5.25. The van der Waals surface area contributed by atoms with Crippen molar-refractivity contribution in [2.75, 3.05) is 0 Å². The van der Waals surface area contributed by atoms with Crippen molar-refractivity contribution in [3.63, 3.8) is 0 Å². The highest BCUT2D eigenvalue weighted by molar-refractivity contribution is 7.91. The van der Waals surface area contributed by atoms with Crippen LogP contribution in [-0.2, 0) is 16.6 Å². The molecule has 1 N–H and O–H groups in total. The lowest BCUT2D eigenvalue weighted by Crippen LogP contribution is -2.22. The average Bonchev–Trinajstić information content (AvgIpc) is 3.06. The van der Waals surface area contributed by atoms with Crippen LogP contribution in [0.25, 0.3) is 4.96 Å². The van der Waals surface area contributed by atoms with Crippen molar-refractivity contribution >= 4 is 37.7 Å². The first-order valence-corrected chi connectivity index (χ1v) is 8.76. The van der Waals surface area contributed by atoms with E-state index in [1.165, 1.54) is 11.3 Å². The summed E-state index contributed by atoms with van der Waals surface area (Å²) in [5.41, 5.74) is 1.81. The molecule has 0 unspecified atom stereocenters. The first-order chi connectivity index (χ1) is 9.06. The predicted octanol–water partition coefficient (Wildman–Crippen LogP) is 2.24. The largest absolute Gasteiger partial charge is 0.295 e. The zero-order valence-corrected chi connectivity index (χ0v) is 12.5. The van der Waals surface area contributed by atoms with Gasteiger partial charge in [-0.05, 0) is 18.4 Å². The van der Waals surface area contributed by atoms with Crippen molar-refractivity contribution in [1.82, 2.24) is 14.1 Å². The van der Waals surface area contributed by atoms with Gasteiger partial charge in [-0.2, -0.15) is 0 Å². The van der Waals surface area contributed by atoms with Gasteiger partial charge in [-0.15, -0.1) is 22.7 Å². The van der Waals surface area contributed by atoms with E-state index in [2.05, 4.69) is 9.71 Å². The van der Waals surface area contributed by atoms with Crippen molar-refractivity contribution in [2.24, 2.45) is 0 Å². The highest BCUT2D eigenvalue weighted by atomic mass is 32.2. The van der Waals surface area contributed by atoms with Crippen LogP contribution in [0.2, 0.25) is 0 Å². The Morgan fingerprint density at radius 3 is 2.95 bits per heavy atom. The lowest BCUT2D eigenvalue weighted by molar-refractivity contribution is 0.583. The third-order valence-electron chi connectivity index (χ3n) is 2.64. The van der Waals surface area contributed by atoms with Gasteiger partial charge in [0.05, 0.1) is 12.2 Å². The molecule has 19 heavy (non-hydrogen) atoms. The van der Waals surface area contributed by atoms with Crippen LogP contribution in [0.4, 0.5) is 0 Å². The van der Waals surface area contributed by atoms with Crippen LogP contribution in [0.5, 0.6) is 0 Å². The van der Waals surface area contributed by atoms with E-state index >= 15 is 0 Å². The summed E-state index contributed by atoms with van der Waals surface area (Å²) in [6.45, 7) is 2.19. The van der Waals surface area contributed by atoms with Gasteiger partial charge >= 0.3 is 0 Å². The summed E-state index contributed by atoms with van der Waals surface area (Å²) in [5, 5.41) is 3.76. The summed E-state index contributed by atoms with van der Waals surface area (Å²) in [5.74, 6) is 0. The lowest BCUT2D eigenvalue weighted by atomic mass is 10.5. The summed E-state index contributed by atoms with van der Waals surface area (Å²) >= 11 is 2.74. The molecule has 0 amide bonds. The molecule has 5 nitrogen and oxygen atoms in total. The van der Waals surface area contributed by atoms with Crippen molar-refractivity contribution in [3.05, 3.63) is 40.5 Å². The number of fused-ring (bicyclic) bond motifs is 1. The number of sulfonamides is 1. The molecule has 0 spiro atoms. The minimum absolute atomic E-state index is 0.202. The van der Waals surface area contributed by atoms with Crippen LogP contribution in [-0.4, -0.2) is 17.8 Å². The van der Waals surface area contributed by atoms with E-state index in [0.29, 0.717) is 4.21 Å². The number of imidazole rings is 1. The van der Waals surface area contributed by atoms with Crippen LogP contribution in [0.1, 0.15) is 11.4 Å². The maximum Gasteiger partial charge on any atom is 0.250 e. The molecule has 0 aromatic carbocycles. The van der Waals surface area contributed by atoms with E-state index in [0.717, 1.165) is 16.3 Å². The first kappa shape index (κ1) is 12.8. The normalized spacial score (nSPS) is 12.3. The van der Waals surface area contributed by atoms with Crippen LogP contribution in [0, 0.1) is 6.92 Å². The van der Waals surface area contributed by atoms with Gasteiger partial charge in [-0.25, -0.2) is 18.1 Å². The molecule has 0 aliphatic rings. The van der Waals surface area contributed by atoms with Crippen molar-refractivity contribution in [1.29, 1.82) is 0 Å². The molecule has 0 atom stereocenters. The fourth-order valence-electron chi connectivity index (χ4n) is 1.68. The molecule has 3 aromatic rings. The Balaban J connectivity index is 1.79. The molecule has 0 radical (unpaired) electrons. The summed E-state index contributed by atoms with van der Waals surface area (Å²) in [7, 11) is -3.42. The number of nitrogens with zero attached hydrogens (tertiary/aromatic N) is 2. The number of aromatic nitrogens is 2. The Kier molecular flexibility index (Phi) is 3.17. The van der Waals surface area contributed by atoms with E-state index in [4.69, 9.17) is 0 Å². The van der Waals surface area contributed by atoms with Crippen molar-refractivity contribution in [3.8, 4) is 0 Å². The van der Waals surface area contributed by atoms with E-state index in [9.17, 15) is 8.42 Å². The van der Waals surface area contributed by atoms with Gasteiger partial charge in [0.1, 0.15) is 4.21 Å². The standard InChI is InChI=1S/C11H11N3O2S3/c1-8-7-18-11-13-9(6-14(8)11)5-12-19(15,16)10-3-2-4-17-10/h2-4,6-7,12H,5H2,1H3. The Morgan fingerprint density at radius 2 is 2.26 bits per heavy atom. The number of thiophene rings is 1. The van der Waals surface area contributed by atoms with E-state index in [1.807, 2.05) is 22.9 Å². The quantitative estimate of drug-likeness (QED) is 0.803. The molecular weight excluding hydrogens is 302 g/mol. The minimum Gasteiger partial charge on any atom is -0.295 e. The first-order valence-electron chi connectivity index (χ1n) is 5.51. The Labute approximate surface area is 118 Å². The monoisotopic (exact) mass is 313 g/mol. The average molecular weight is 313 g/mol. The van der Waals surface area contributed by atoms with Crippen molar-refractivity contribution < 1.29 is 8.42 Å². The van der Waals surface area contributed by atoms with Crippen molar-refractivity contribution in [2.45, 2.75) is 17.7 Å². The molecule has 0 aliphatic carbocycles. The van der Waals surface area contributed by atoms with Gasteiger partial charge in [-0.3, -0.25) is 4.40 Å². The third-order valence-corrected chi connectivity index (χ3v) is 6.40. The molecule has 0 saturated carbocycles. The fourth-order valence-corrected chi connectivity index (χ4v) is 4.59. The molecule has 0 aliphatic heterocycles. The number of hydrogen-bond acceptors (Lipinski definition) is 5. The molecule has 3 heterocycles. The zero-order valence-electron chi connectivity index (χ0n) is 10.0. The second-order valence-electron chi connectivity index (χ2n) is 4.02. The second kappa shape index (κ2) is 4.71. The SMILES string of the molecule is Cc1csc2nc(CNS(=O)(=O)c3cccs3)cn12. The zero-order chi connectivity index (χ0) is 13.5. The molecule has 0 bridgehead atoms. The second-order valence-corrected chi connectivity index (χ2v) is 7.80. The maximum atomic E-state index is 12.0. The van der Waals surface area contributed by atoms with E-state index < -0.39 is 10.0 Å². The van der Waals surface area contributed by atoms with Crippen LogP contribution >= 0.6 is 22.7 Å². The van der Waals surface area contributed by atoms with Gasteiger partial charge in [0.2, 0.25) is 10.0 Å². The number of hydrogen-bond donors (Lipinski definition) is 1. The number of rotatable bonds is 4. The molecule has 3 rings (SSSR count). The highest BCUT2D eigenvalue weighted by Gasteiger charge is 2.15. The topological polar surface area (TPSA) is 63.5 Å². The molecule has 100 valence electrons. The van der Waals surface area contributed by atoms with Crippen LogP contribution < -0.4 is 4.72 Å². The van der Waals surface area contributed by atoms with Gasteiger partial charge in [0, 0.05) is 17.3 Å². The summed E-state index contributed by atoms with van der Waals surface area (Å²) in [6.07, 6.45) is 1.86. The maximum absolute atomic E-state index is 12.0. The van der Waals surface area contributed by atoms with Gasteiger partial charge in [0.15, 0.2) is 4.96 Å². The highest BCUT2D eigenvalue weighted by Crippen LogP contribution is 2.18. The van der Waals surface area contributed by atoms with Gasteiger partial charge in [-0.1, -0.05) is 6.07 Å². The molecule has 0 fully saturated rings. The summed E-state index contributed by atoms with van der Waals surface area (Å²) in [6, 6.07) is 3.30. The number of nitrogens with one attached hydrogen (secondary N) is 1. The number of thiazole rings is 1. The van der Waals surface area contributed by atoms with Gasteiger partial charge in [0.25, 0.3) is 0 Å². The predicted molar refractivity (Wildman–Crippen MR) is 76.2 cm³/mol. The molecular formula is C11H11N3O2S3.